The Morgan fingerprint density at radius 1 is 1.23 bits per heavy atom. The smallest absolute Gasteiger partial charge is 0.162 e. The van der Waals surface area contributed by atoms with Crippen LogP contribution in [0.15, 0.2) is 12.1 Å². The first-order chi connectivity index (χ1) is 14.7. The van der Waals surface area contributed by atoms with E-state index in [1.807, 2.05) is 12.1 Å². The Kier molecular flexibility index (Phi) is 6.56. The van der Waals surface area contributed by atoms with E-state index in [9.17, 15) is 0 Å². The van der Waals surface area contributed by atoms with Gasteiger partial charge in [-0.05, 0) is 37.4 Å². The van der Waals surface area contributed by atoms with Crippen LogP contribution in [0.4, 0.5) is 5.69 Å². The van der Waals surface area contributed by atoms with Gasteiger partial charge in [0.15, 0.2) is 11.5 Å². The molecule has 4 rings (SSSR count). The second kappa shape index (κ2) is 9.50. The number of hydrogen-bond acceptors (Lipinski definition) is 7. The third kappa shape index (κ3) is 4.30. The van der Waals surface area contributed by atoms with E-state index in [1.54, 1.807) is 14.2 Å². The van der Waals surface area contributed by atoms with Gasteiger partial charge in [0.25, 0.3) is 0 Å². The Hall–Kier alpha value is -2.56. The number of hydrogen-bond donors (Lipinski definition) is 1. The van der Waals surface area contributed by atoms with Gasteiger partial charge < -0.3 is 24.4 Å². The molecular weight excluding hydrogens is 380 g/mol. The maximum Gasteiger partial charge on any atom is 0.162 e. The zero-order chi connectivity index (χ0) is 20.9. The Morgan fingerprint density at radius 3 is 2.83 bits per heavy atom. The van der Waals surface area contributed by atoms with Crippen molar-refractivity contribution in [1.82, 2.24) is 9.88 Å². The minimum Gasteiger partial charge on any atom is -0.493 e. The van der Waals surface area contributed by atoms with E-state index in [2.05, 4.69) is 16.3 Å². The van der Waals surface area contributed by atoms with Crippen molar-refractivity contribution < 1.29 is 14.2 Å². The molecule has 2 aliphatic heterocycles. The predicted octanol–water partition coefficient (Wildman–Crippen LogP) is 3.16. The van der Waals surface area contributed by atoms with Gasteiger partial charge >= 0.3 is 0 Å². The molecule has 3 heterocycles. The van der Waals surface area contributed by atoms with Crippen LogP contribution in [0.3, 0.4) is 0 Å². The van der Waals surface area contributed by atoms with Crippen LogP contribution in [0.2, 0.25) is 0 Å². The SMILES string of the molecule is COc1cc2nc3c(c(N[C@@H]4CCCN(CCC#N)C4)c2cc1OC)CCOCC3. The number of ether oxygens (including phenoxy) is 3. The van der Waals surface area contributed by atoms with Crippen molar-refractivity contribution in [3.05, 3.63) is 23.4 Å². The molecule has 7 nitrogen and oxygen atoms in total. The number of benzene rings is 1. The molecule has 160 valence electrons. The zero-order valence-electron chi connectivity index (χ0n) is 17.9. The number of nitriles is 1. The fraction of sp³-hybridized carbons (Fsp3) is 0.565. The van der Waals surface area contributed by atoms with Gasteiger partial charge in [0, 0.05) is 54.8 Å². The van der Waals surface area contributed by atoms with Crippen LogP contribution >= 0.6 is 0 Å². The summed E-state index contributed by atoms with van der Waals surface area (Å²) in [6.07, 6.45) is 4.49. The van der Waals surface area contributed by atoms with Crippen LogP contribution < -0.4 is 14.8 Å². The molecular formula is C23H30N4O3. The second-order valence-corrected chi connectivity index (χ2v) is 7.94. The summed E-state index contributed by atoms with van der Waals surface area (Å²) in [5.74, 6) is 1.40. The first-order valence-corrected chi connectivity index (χ1v) is 10.7. The van der Waals surface area contributed by atoms with E-state index >= 15 is 0 Å². The molecule has 1 N–H and O–H groups in total. The highest BCUT2D eigenvalue weighted by atomic mass is 16.5. The Morgan fingerprint density at radius 2 is 2.03 bits per heavy atom. The number of aromatic nitrogens is 1. The quantitative estimate of drug-likeness (QED) is 0.783. The van der Waals surface area contributed by atoms with Gasteiger partial charge in [-0.2, -0.15) is 5.26 Å². The fourth-order valence-corrected chi connectivity index (χ4v) is 4.56. The molecule has 30 heavy (non-hydrogen) atoms. The van der Waals surface area contributed by atoms with Crippen molar-refractivity contribution in [3.8, 4) is 17.6 Å². The maximum atomic E-state index is 8.93. The van der Waals surface area contributed by atoms with Crippen molar-refractivity contribution in [3.63, 3.8) is 0 Å². The van der Waals surface area contributed by atoms with Crippen LogP contribution in [-0.2, 0) is 17.6 Å². The molecule has 1 aromatic heterocycles. The van der Waals surface area contributed by atoms with Crippen LogP contribution in [-0.4, -0.2) is 63.0 Å². The number of nitrogens with one attached hydrogen (secondary N) is 1. The van der Waals surface area contributed by atoms with Gasteiger partial charge in [0.05, 0.1) is 39.0 Å². The lowest BCUT2D eigenvalue weighted by molar-refractivity contribution is 0.146. The van der Waals surface area contributed by atoms with Gasteiger partial charge in [-0.25, -0.2) is 0 Å². The van der Waals surface area contributed by atoms with Gasteiger partial charge in [0.1, 0.15) is 0 Å². The molecule has 1 fully saturated rings. The van der Waals surface area contributed by atoms with Gasteiger partial charge in [-0.3, -0.25) is 4.98 Å². The third-order valence-electron chi connectivity index (χ3n) is 6.05. The summed E-state index contributed by atoms with van der Waals surface area (Å²) in [7, 11) is 3.31. The molecule has 1 atom stereocenters. The second-order valence-electron chi connectivity index (χ2n) is 7.94. The summed E-state index contributed by atoms with van der Waals surface area (Å²) in [4.78, 5) is 7.36. The van der Waals surface area contributed by atoms with E-state index in [4.69, 9.17) is 24.5 Å². The van der Waals surface area contributed by atoms with Crippen LogP contribution in [0, 0.1) is 11.3 Å². The van der Waals surface area contributed by atoms with Crippen LogP contribution in [0.5, 0.6) is 11.5 Å². The summed E-state index contributed by atoms with van der Waals surface area (Å²) in [5, 5.41) is 13.9. The number of piperidine rings is 1. The Balaban J connectivity index is 1.74. The number of anilines is 1. The van der Waals surface area contributed by atoms with Gasteiger partial charge in [0.2, 0.25) is 0 Å². The standard InChI is InChI=1S/C23H30N4O3/c1-28-21-13-18-20(14-22(21)29-2)26-19-7-12-30-11-6-17(19)23(18)25-16-5-3-9-27(15-16)10-4-8-24/h13-14,16H,3-7,9-12,15H2,1-2H3,(H,25,26)/t16-/m1/s1. The van der Waals surface area contributed by atoms with E-state index in [0.717, 1.165) is 67.6 Å². The van der Waals surface area contributed by atoms with Crippen molar-refractivity contribution >= 4 is 16.6 Å². The minimum absolute atomic E-state index is 0.337. The average molecular weight is 411 g/mol. The molecule has 0 amide bonds. The summed E-state index contributed by atoms with van der Waals surface area (Å²) in [6.45, 7) is 4.26. The highest BCUT2D eigenvalue weighted by Gasteiger charge is 2.24. The highest BCUT2D eigenvalue weighted by molar-refractivity contribution is 5.96. The molecule has 0 saturated carbocycles. The largest absolute Gasteiger partial charge is 0.493 e. The highest BCUT2D eigenvalue weighted by Crippen LogP contribution is 2.38. The lowest BCUT2D eigenvalue weighted by Gasteiger charge is -2.34. The molecule has 0 aliphatic carbocycles. The molecule has 2 aromatic rings. The lowest BCUT2D eigenvalue weighted by atomic mass is 9.99. The number of methoxy groups -OCH3 is 2. The van der Waals surface area contributed by atoms with Crippen molar-refractivity contribution in [2.24, 2.45) is 0 Å². The predicted molar refractivity (Wildman–Crippen MR) is 116 cm³/mol. The minimum atomic E-state index is 0.337. The number of pyridine rings is 1. The molecule has 0 bridgehead atoms. The maximum absolute atomic E-state index is 8.93. The number of fused-ring (bicyclic) bond motifs is 2. The molecule has 0 spiro atoms. The number of likely N-dealkylation sites (tertiary alicyclic amines) is 1. The summed E-state index contributed by atoms with van der Waals surface area (Å²) in [5.41, 5.74) is 4.41. The Labute approximate surface area is 177 Å². The van der Waals surface area contributed by atoms with E-state index in [-0.39, 0.29) is 0 Å². The molecule has 1 aromatic carbocycles. The van der Waals surface area contributed by atoms with E-state index in [0.29, 0.717) is 37.2 Å². The number of rotatable bonds is 6. The fourth-order valence-electron chi connectivity index (χ4n) is 4.56. The van der Waals surface area contributed by atoms with E-state index in [1.165, 1.54) is 5.56 Å². The molecule has 7 heteroatoms. The summed E-state index contributed by atoms with van der Waals surface area (Å²) >= 11 is 0. The van der Waals surface area contributed by atoms with Crippen LogP contribution in [0.1, 0.15) is 30.5 Å². The van der Waals surface area contributed by atoms with Crippen LogP contribution in [0.25, 0.3) is 10.9 Å². The van der Waals surface area contributed by atoms with E-state index < -0.39 is 0 Å². The van der Waals surface area contributed by atoms with Crippen molar-refractivity contribution in [1.29, 1.82) is 5.26 Å². The topological polar surface area (TPSA) is 79.6 Å². The van der Waals surface area contributed by atoms with Gasteiger partial charge in [-0.1, -0.05) is 0 Å². The third-order valence-corrected chi connectivity index (χ3v) is 6.05. The van der Waals surface area contributed by atoms with Crippen molar-refractivity contribution in [2.75, 3.05) is 52.4 Å². The zero-order valence-corrected chi connectivity index (χ0v) is 17.9. The first-order valence-electron chi connectivity index (χ1n) is 10.7. The normalized spacial score (nSPS) is 19.6. The average Bonchev–Trinajstić information content (AvgIpc) is 3.02. The van der Waals surface area contributed by atoms with Crippen molar-refractivity contribution in [2.45, 2.75) is 38.1 Å². The number of nitrogens with zero attached hydrogens (tertiary/aromatic N) is 3. The molecule has 0 unspecified atom stereocenters. The first kappa shape index (κ1) is 20.7. The summed E-state index contributed by atoms with van der Waals surface area (Å²) in [6, 6.07) is 6.60. The molecule has 2 aliphatic rings. The summed E-state index contributed by atoms with van der Waals surface area (Å²) < 4.78 is 16.8. The monoisotopic (exact) mass is 410 g/mol. The lowest BCUT2D eigenvalue weighted by Crippen LogP contribution is -2.42. The molecule has 0 radical (unpaired) electrons. The van der Waals surface area contributed by atoms with Gasteiger partial charge in [-0.15, -0.1) is 0 Å². The Bertz CT molecular complexity index is 940. The molecule has 1 saturated heterocycles.